The predicted octanol–water partition coefficient (Wildman–Crippen LogP) is 0.756. The summed E-state index contributed by atoms with van der Waals surface area (Å²) in [6, 6.07) is 7.16. The summed E-state index contributed by atoms with van der Waals surface area (Å²) in [7, 11) is 1.69. The molecule has 0 saturated carbocycles. The van der Waals surface area contributed by atoms with Gasteiger partial charge in [0.1, 0.15) is 0 Å². The van der Waals surface area contributed by atoms with Crippen molar-refractivity contribution in [2.24, 2.45) is 0 Å². The summed E-state index contributed by atoms with van der Waals surface area (Å²) in [6.07, 6.45) is 1.93. The number of anilines is 1. The minimum Gasteiger partial charge on any atom is -0.375 e. The Bertz CT molecular complexity index is 998. The molecule has 0 spiro atoms. The van der Waals surface area contributed by atoms with Gasteiger partial charge in [-0.1, -0.05) is 12.1 Å². The van der Waals surface area contributed by atoms with Crippen molar-refractivity contribution in [3.8, 4) is 5.82 Å². The summed E-state index contributed by atoms with van der Waals surface area (Å²) in [5.74, 6) is 0.395. The van der Waals surface area contributed by atoms with Crippen LogP contribution in [-0.2, 0) is 10.4 Å². The lowest BCUT2D eigenvalue weighted by molar-refractivity contribution is -0.143. The molecule has 1 aromatic carbocycles. The highest BCUT2D eigenvalue weighted by molar-refractivity contribution is 5.91. The molecule has 8 nitrogen and oxygen atoms in total. The minimum absolute atomic E-state index is 0.154. The maximum Gasteiger partial charge on any atom is 0.258 e. The van der Waals surface area contributed by atoms with Crippen molar-refractivity contribution < 1.29 is 9.90 Å². The average molecular weight is 338 g/mol. The quantitative estimate of drug-likeness (QED) is 0.714. The summed E-state index contributed by atoms with van der Waals surface area (Å²) in [4.78, 5) is 22.0. The van der Waals surface area contributed by atoms with E-state index in [1.54, 1.807) is 36.1 Å². The summed E-state index contributed by atoms with van der Waals surface area (Å²) in [6.45, 7) is 2.42. The number of benzene rings is 1. The molecule has 4 rings (SSSR count). The van der Waals surface area contributed by atoms with Crippen molar-refractivity contribution in [3.05, 3.63) is 41.7 Å². The lowest BCUT2D eigenvalue weighted by Gasteiger charge is -2.21. The van der Waals surface area contributed by atoms with Crippen LogP contribution in [0.15, 0.2) is 30.5 Å². The number of rotatable bonds is 2. The van der Waals surface area contributed by atoms with Crippen LogP contribution in [0.4, 0.5) is 5.95 Å². The van der Waals surface area contributed by atoms with Gasteiger partial charge in [0.15, 0.2) is 11.4 Å². The van der Waals surface area contributed by atoms with Gasteiger partial charge in [0.25, 0.3) is 5.91 Å². The average Bonchev–Trinajstić information content (AvgIpc) is 3.07. The molecule has 0 radical (unpaired) electrons. The number of carbonyl (C=O) groups is 1. The lowest BCUT2D eigenvalue weighted by Crippen LogP contribution is -2.36. The minimum atomic E-state index is -1.50. The molecule has 3 aromatic rings. The van der Waals surface area contributed by atoms with Crippen molar-refractivity contribution in [1.82, 2.24) is 24.6 Å². The van der Waals surface area contributed by atoms with Gasteiger partial charge in [-0.25, -0.2) is 9.67 Å². The Morgan fingerprint density at radius 2 is 2.12 bits per heavy atom. The molecule has 25 heavy (non-hydrogen) atoms. The number of aryl methyl sites for hydroxylation is 1. The molecule has 1 aliphatic rings. The van der Waals surface area contributed by atoms with E-state index in [2.05, 4.69) is 15.1 Å². The molecule has 1 saturated heterocycles. The molecular weight excluding hydrogens is 320 g/mol. The first-order chi connectivity index (χ1) is 11.9. The van der Waals surface area contributed by atoms with Gasteiger partial charge in [-0.05, 0) is 18.6 Å². The number of nitrogens with two attached hydrogens (primary N) is 1. The molecule has 1 fully saturated rings. The van der Waals surface area contributed by atoms with Crippen molar-refractivity contribution >= 4 is 22.8 Å². The molecule has 2 aromatic heterocycles. The number of nitrogens with zero attached hydrogens (tertiary/aromatic N) is 5. The highest BCUT2D eigenvalue weighted by Crippen LogP contribution is 2.35. The SMILES string of the molecule is Cc1nn(-c2ccnc(N)n2)c2cc(C3(O)CCN(C)C3=O)ccc12. The predicted molar refractivity (Wildman–Crippen MR) is 92.0 cm³/mol. The number of likely N-dealkylation sites (tertiary alicyclic amines) is 1. The second-order valence-electron chi connectivity index (χ2n) is 6.34. The Morgan fingerprint density at radius 1 is 1.32 bits per heavy atom. The monoisotopic (exact) mass is 338 g/mol. The van der Waals surface area contributed by atoms with Crippen molar-refractivity contribution in [1.29, 1.82) is 0 Å². The maximum absolute atomic E-state index is 12.4. The number of fused-ring (bicyclic) bond motifs is 1. The van der Waals surface area contributed by atoms with Gasteiger partial charge in [-0.2, -0.15) is 10.1 Å². The Kier molecular flexibility index (Phi) is 3.26. The van der Waals surface area contributed by atoms with E-state index in [1.165, 1.54) is 4.90 Å². The standard InChI is InChI=1S/C17H18N6O2/c1-10-12-4-3-11(17(25)6-8-22(2)15(17)24)9-13(12)23(21-10)14-5-7-19-16(18)20-14/h3-5,7,9,25H,6,8H2,1-2H3,(H2,18,19,20). The highest BCUT2D eigenvalue weighted by Gasteiger charge is 2.45. The number of likely N-dealkylation sites (N-methyl/N-ethyl adjacent to an activating group) is 1. The highest BCUT2D eigenvalue weighted by atomic mass is 16.3. The third kappa shape index (κ3) is 2.25. The first-order valence-corrected chi connectivity index (χ1v) is 7.97. The molecular formula is C17H18N6O2. The fraction of sp³-hybridized carbons (Fsp3) is 0.294. The molecule has 8 heteroatoms. The van der Waals surface area contributed by atoms with E-state index < -0.39 is 5.60 Å². The summed E-state index contributed by atoms with van der Waals surface area (Å²) in [5.41, 5.74) is 6.30. The van der Waals surface area contributed by atoms with Gasteiger partial charge in [-0.3, -0.25) is 4.79 Å². The number of carbonyl (C=O) groups excluding carboxylic acids is 1. The molecule has 128 valence electrons. The van der Waals surface area contributed by atoms with E-state index in [1.807, 2.05) is 13.0 Å². The van der Waals surface area contributed by atoms with Gasteiger partial charge in [0, 0.05) is 37.7 Å². The van der Waals surface area contributed by atoms with Crippen LogP contribution in [0.2, 0.25) is 0 Å². The smallest absolute Gasteiger partial charge is 0.258 e. The third-order valence-corrected chi connectivity index (χ3v) is 4.73. The van der Waals surface area contributed by atoms with E-state index in [9.17, 15) is 9.90 Å². The van der Waals surface area contributed by atoms with Gasteiger partial charge >= 0.3 is 0 Å². The largest absolute Gasteiger partial charge is 0.375 e. The van der Waals surface area contributed by atoms with Crippen molar-refractivity contribution in [2.75, 3.05) is 19.3 Å². The van der Waals surface area contributed by atoms with Crippen LogP contribution in [0.3, 0.4) is 0 Å². The van der Waals surface area contributed by atoms with E-state index in [4.69, 9.17) is 5.73 Å². The number of nitrogen functional groups attached to an aromatic ring is 1. The van der Waals surface area contributed by atoms with Crippen LogP contribution < -0.4 is 5.73 Å². The van der Waals surface area contributed by atoms with Crippen LogP contribution in [0, 0.1) is 6.92 Å². The van der Waals surface area contributed by atoms with E-state index >= 15 is 0 Å². The Morgan fingerprint density at radius 3 is 2.80 bits per heavy atom. The molecule has 3 N–H and O–H groups in total. The van der Waals surface area contributed by atoms with Crippen LogP contribution in [0.25, 0.3) is 16.7 Å². The van der Waals surface area contributed by atoms with Gasteiger partial charge in [0.2, 0.25) is 5.95 Å². The Hall–Kier alpha value is -3.00. The fourth-order valence-corrected chi connectivity index (χ4v) is 3.31. The zero-order valence-corrected chi connectivity index (χ0v) is 14.0. The van der Waals surface area contributed by atoms with E-state index in [-0.39, 0.29) is 11.9 Å². The summed E-state index contributed by atoms with van der Waals surface area (Å²) < 4.78 is 1.65. The van der Waals surface area contributed by atoms with Gasteiger partial charge in [0.05, 0.1) is 11.2 Å². The first kappa shape index (κ1) is 15.5. The Balaban J connectivity index is 1.91. The molecule has 0 aliphatic carbocycles. The number of aromatic nitrogens is 4. The Labute approximate surface area is 143 Å². The summed E-state index contributed by atoms with van der Waals surface area (Å²) in [5, 5.41) is 16.3. The maximum atomic E-state index is 12.4. The van der Waals surface area contributed by atoms with Gasteiger partial charge in [-0.15, -0.1) is 0 Å². The molecule has 1 unspecified atom stereocenters. The first-order valence-electron chi connectivity index (χ1n) is 7.97. The zero-order chi connectivity index (χ0) is 17.8. The normalized spacial score (nSPS) is 20.6. The van der Waals surface area contributed by atoms with Gasteiger partial charge < -0.3 is 15.7 Å². The number of aliphatic hydroxyl groups is 1. The molecule has 1 amide bonds. The fourth-order valence-electron chi connectivity index (χ4n) is 3.31. The second kappa shape index (κ2) is 5.25. The van der Waals surface area contributed by atoms with Crippen molar-refractivity contribution in [2.45, 2.75) is 18.9 Å². The van der Waals surface area contributed by atoms with E-state index in [0.717, 1.165) is 16.6 Å². The zero-order valence-electron chi connectivity index (χ0n) is 14.0. The number of hydrogen-bond acceptors (Lipinski definition) is 6. The van der Waals surface area contributed by atoms with Crippen LogP contribution in [0.5, 0.6) is 0 Å². The van der Waals surface area contributed by atoms with Crippen LogP contribution in [0.1, 0.15) is 17.7 Å². The lowest BCUT2D eigenvalue weighted by atomic mass is 9.91. The van der Waals surface area contributed by atoms with Crippen LogP contribution >= 0.6 is 0 Å². The molecule has 0 bridgehead atoms. The second-order valence-corrected chi connectivity index (χ2v) is 6.34. The van der Waals surface area contributed by atoms with E-state index in [0.29, 0.717) is 24.3 Å². The number of hydrogen-bond donors (Lipinski definition) is 2. The summed E-state index contributed by atoms with van der Waals surface area (Å²) >= 11 is 0. The van der Waals surface area contributed by atoms with Crippen LogP contribution in [-0.4, -0.2) is 49.3 Å². The number of amides is 1. The van der Waals surface area contributed by atoms with Crippen molar-refractivity contribution in [3.63, 3.8) is 0 Å². The molecule has 1 aliphatic heterocycles. The topological polar surface area (TPSA) is 110 Å². The molecule has 3 heterocycles. The molecule has 1 atom stereocenters. The third-order valence-electron chi connectivity index (χ3n) is 4.73.